The third kappa shape index (κ3) is 3.63. The number of carbonyl (C=O) groups excluding carboxylic acids is 1. The van der Waals surface area contributed by atoms with Gasteiger partial charge in [0.05, 0.1) is 23.8 Å². The van der Waals surface area contributed by atoms with Crippen LogP contribution in [0.5, 0.6) is 0 Å². The van der Waals surface area contributed by atoms with Crippen LogP contribution in [0.3, 0.4) is 0 Å². The molecule has 0 aliphatic carbocycles. The van der Waals surface area contributed by atoms with E-state index in [-0.39, 0.29) is 5.91 Å². The van der Waals surface area contributed by atoms with Crippen LogP contribution < -0.4 is 5.32 Å². The van der Waals surface area contributed by atoms with Gasteiger partial charge in [-0.2, -0.15) is 5.10 Å². The molecule has 0 unspecified atom stereocenters. The van der Waals surface area contributed by atoms with E-state index in [1.54, 1.807) is 28.4 Å². The monoisotopic (exact) mass is 375 g/mol. The van der Waals surface area contributed by atoms with Crippen molar-refractivity contribution in [1.29, 1.82) is 0 Å². The Bertz CT molecular complexity index is 1070. The molecule has 3 aromatic heterocycles. The largest absolute Gasteiger partial charge is 0.319 e. The molecule has 1 N–H and O–H groups in total. The lowest BCUT2D eigenvalue weighted by molar-refractivity contribution is 0.102. The average molecular weight is 375 g/mol. The predicted molar refractivity (Wildman–Crippen MR) is 106 cm³/mol. The first kappa shape index (κ1) is 17.1. The molecular weight excluding hydrogens is 358 g/mol. The zero-order valence-corrected chi connectivity index (χ0v) is 15.7. The SMILES string of the molecule is Cc1cc(C)n(-c2ncc(NC(=O)c3ccc(-c4cccs4)cc3)cn2)n1. The van der Waals surface area contributed by atoms with Gasteiger partial charge < -0.3 is 5.32 Å². The molecule has 0 saturated heterocycles. The molecule has 0 saturated carbocycles. The summed E-state index contributed by atoms with van der Waals surface area (Å²) < 4.78 is 1.67. The van der Waals surface area contributed by atoms with Crippen LogP contribution in [0, 0.1) is 13.8 Å². The molecule has 1 amide bonds. The fraction of sp³-hybridized carbons (Fsp3) is 0.100. The summed E-state index contributed by atoms with van der Waals surface area (Å²) in [7, 11) is 0. The van der Waals surface area contributed by atoms with E-state index in [1.165, 1.54) is 4.88 Å². The number of thiophene rings is 1. The van der Waals surface area contributed by atoms with Gasteiger partial charge in [-0.3, -0.25) is 4.79 Å². The molecule has 6 nitrogen and oxygen atoms in total. The van der Waals surface area contributed by atoms with Gasteiger partial charge in [-0.25, -0.2) is 14.6 Å². The second-order valence-corrected chi connectivity index (χ2v) is 7.07. The van der Waals surface area contributed by atoms with Crippen molar-refractivity contribution >= 4 is 22.9 Å². The number of benzene rings is 1. The summed E-state index contributed by atoms with van der Waals surface area (Å²) in [5.41, 5.74) is 4.07. The number of aromatic nitrogens is 4. The molecule has 0 aliphatic rings. The van der Waals surface area contributed by atoms with E-state index >= 15 is 0 Å². The summed E-state index contributed by atoms with van der Waals surface area (Å²) in [4.78, 5) is 22.2. The van der Waals surface area contributed by atoms with E-state index in [0.717, 1.165) is 17.0 Å². The minimum absolute atomic E-state index is 0.199. The Morgan fingerprint density at radius 2 is 1.81 bits per heavy atom. The first-order chi connectivity index (χ1) is 13.1. The Hall–Kier alpha value is -3.32. The molecular formula is C20H17N5OS. The summed E-state index contributed by atoms with van der Waals surface area (Å²) in [6.45, 7) is 3.86. The summed E-state index contributed by atoms with van der Waals surface area (Å²) in [6, 6.07) is 13.5. The highest BCUT2D eigenvalue weighted by Crippen LogP contribution is 2.24. The highest BCUT2D eigenvalue weighted by molar-refractivity contribution is 7.13. The molecule has 0 atom stereocenters. The minimum Gasteiger partial charge on any atom is -0.319 e. The smallest absolute Gasteiger partial charge is 0.255 e. The van der Waals surface area contributed by atoms with Crippen molar-refractivity contribution in [2.45, 2.75) is 13.8 Å². The van der Waals surface area contributed by atoms with Crippen molar-refractivity contribution in [1.82, 2.24) is 19.7 Å². The lowest BCUT2D eigenvalue weighted by atomic mass is 10.1. The maximum atomic E-state index is 12.4. The number of aryl methyl sites for hydroxylation is 2. The van der Waals surface area contributed by atoms with Gasteiger partial charge in [0.1, 0.15) is 0 Å². The minimum atomic E-state index is -0.199. The van der Waals surface area contributed by atoms with Gasteiger partial charge in [-0.1, -0.05) is 18.2 Å². The Kier molecular flexibility index (Phi) is 4.52. The van der Waals surface area contributed by atoms with Crippen molar-refractivity contribution in [2.24, 2.45) is 0 Å². The summed E-state index contributed by atoms with van der Waals surface area (Å²) >= 11 is 1.67. The summed E-state index contributed by atoms with van der Waals surface area (Å²) in [5, 5.41) is 9.21. The molecule has 27 heavy (non-hydrogen) atoms. The second-order valence-electron chi connectivity index (χ2n) is 6.12. The van der Waals surface area contributed by atoms with Crippen molar-refractivity contribution < 1.29 is 4.79 Å². The molecule has 7 heteroatoms. The molecule has 4 rings (SSSR count). The van der Waals surface area contributed by atoms with Gasteiger partial charge in [0, 0.05) is 16.1 Å². The lowest BCUT2D eigenvalue weighted by Crippen LogP contribution is -2.13. The van der Waals surface area contributed by atoms with Crippen LogP contribution >= 0.6 is 11.3 Å². The number of nitrogens with one attached hydrogen (secondary N) is 1. The first-order valence-electron chi connectivity index (χ1n) is 8.41. The maximum Gasteiger partial charge on any atom is 0.255 e. The molecule has 0 spiro atoms. The van der Waals surface area contributed by atoms with Gasteiger partial charge >= 0.3 is 0 Å². The number of hydrogen-bond donors (Lipinski definition) is 1. The standard InChI is InChI=1S/C20H17N5OS/c1-13-10-14(2)25(24-13)20-21-11-17(12-22-20)23-19(26)16-7-5-15(6-8-16)18-4-3-9-27-18/h3-12H,1-2H3,(H,23,26). The van der Waals surface area contributed by atoms with E-state index in [0.29, 0.717) is 17.2 Å². The number of hydrogen-bond acceptors (Lipinski definition) is 5. The Balaban J connectivity index is 1.47. The Morgan fingerprint density at radius 3 is 2.41 bits per heavy atom. The third-order valence-corrected chi connectivity index (χ3v) is 4.97. The summed E-state index contributed by atoms with van der Waals surface area (Å²) in [5.74, 6) is 0.272. The fourth-order valence-corrected chi connectivity index (χ4v) is 3.49. The molecule has 0 aliphatic heterocycles. The lowest BCUT2D eigenvalue weighted by Gasteiger charge is -2.07. The van der Waals surface area contributed by atoms with Crippen molar-refractivity contribution in [3.8, 4) is 16.4 Å². The van der Waals surface area contributed by atoms with Crippen LogP contribution in [0.1, 0.15) is 21.7 Å². The number of carbonyl (C=O) groups is 1. The van der Waals surface area contributed by atoms with Crippen LogP contribution in [-0.4, -0.2) is 25.7 Å². The first-order valence-corrected chi connectivity index (χ1v) is 9.29. The maximum absolute atomic E-state index is 12.4. The van der Waals surface area contributed by atoms with Crippen molar-refractivity contribution in [3.05, 3.63) is 77.2 Å². The van der Waals surface area contributed by atoms with Gasteiger partial charge in [0.25, 0.3) is 11.9 Å². The number of amides is 1. The van der Waals surface area contributed by atoms with Crippen LogP contribution in [0.2, 0.25) is 0 Å². The van der Waals surface area contributed by atoms with Crippen LogP contribution in [0.25, 0.3) is 16.4 Å². The Labute approximate surface area is 160 Å². The van der Waals surface area contributed by atoms with E-state index in [2.05, 4.69) is 26.4 Å². The van der Waals surface area contributed by atoms with Crippen LogP contribution in [-0.2, 0) is 0 Å². The molecule has 134 valence electrons. The zero-order chi connectivity index (χ0) is 18.8. The number of nitrogens with zero attached hydrogens (tertiary/aromatic N) is 4. The topological polar surface area (TPSA) is 72.7 Å². The quantitative estimate of drug-likeness (QED) is 0.578. The molecule has 0 radical (unpaired) electrons. The third-order valence-electron chi connectivity index (χ3n) is 4.05. The molecule has 1 aromatic carbocycles. The normalized spacial score (nSPS) is 10.7. The molecule has 4 aromatic rings. The highest BCUT2D eigenvalue weighted by atomic mass is 32.1. The van der Waals surface area contributed by atoms with E-state index in [9.17, 15) is 4.79 Å². The van der Waals surface area contributed by atoms with Crippen LogP contribution in [0.15, 0.2) is 60.2 Å². The molecule has 3 heterocycles. The molecule has 0 bridgehead atoms. The van der Waals surface area contributed by atoms with E-state index in [1.807, 2.05) is 55.6 Å². The van der Waals surface area contributed by atoms with Gasteiger partial charge in [-0.05, 0) is 49.1 Å². The predicted octanol–water partition coefficient (Wildman–Crippen LogP) is 4.26. The van der Waals surface area contributed by atoms with Crippen molar-refractivity contribution in [3.63, 3.8) is 0 Å². The molecule has 0 fully saturated rings. The van der Waals surface area contributed by atoms with Crippen molar-refractivity contribution in [2.75, 3.05) is 5.32 Å². The van der Waals surface area contributed by atoms with Gasteiger partial charge in [0.15, 0.2) is 0 Å². The number of rotatable bonds is 4. The Morgan fingerprint density at radius 1 is 1.07 bits per heavy atom. The summed E-state index contributed by atoms with van der Waals surface area (Å²) in [6.07, 6.45) is 3.16. The highest BCUT2D eigenvalue weighted by Gasteiger charge is 2.10. The zero-order valence-electron chi connectivity index (χ0n) is 14.9. The van der Waals surface area contributed by atoms with E-state index in [4.69, 9.17) is 0 Å². The fourth-order valence-electron chi connectivity index (χ4n) is 2.76. The van der Waals surface area contributed by atoms with E-state index < -0.39 is 0 Å². The van der Waals surface area contributed by atoms with Gasteiger partial charge in [0.2, 0.25) is 0 Å². The van der Waals surface area contributed by atoms with Crippen LogP contribution in [0.4, 0.5) is 5.69 Å². The van der Waals surface area contributed by atoms with Gasteiger partial charge in [-0.15, -0.1) is 11.3 Å². The second kappa shape index (κ2) is 7.13. The average Bonchev–Trinajstić information content (AvgIpc) is 3.32. The number of anilines is 1.